The minimum absolute atomic E-state index is 0.329. The summed E-state index contributed by atoms with van der Waals surface area (Å²) in [4.78, 5) is 0. The van der Waals surface area contributed by atoms with Crippen LogP contribution in [0.15, 0.2) is 45.7 Å². The molecule has 2 rings (SSSR count). The van der Waals surface area contributed by atoms with Crippen LogP contribution in [0.4, 0.5) is 13.2 Å². The Labute approximate surface area is 116 Å². The minimum Gasteiger partial charge on any atom is -0.457 e. The molecule has 0 aliphatic heterocycles. The van der Waals surface area contributed by atoms with Gasteiger partial charge in [-0.2, -0.15) is 13.2 Å². The van der Waals surface area contributed by atoms with E-state index in [1.807, 2.05) is 0 Å². The molecule has 2 aromatic rings. The molecule has 6 heteroatoms. The average Bonchev–Trinajstić information content (AvgIpc) is 2.75. The summed E-state index contributed by atoms with van der Waals surface area (Å²) in [6.07, 6.45) is -2.36. The Hall–Kier alpha value is -1.27. The molecule has 0 saturated carbocycles. The lowest BCUT2D eigenvalue weighted by Gasteiger charge is -2.11. The van der Waals surface area contributed by atoms with Crippen molar-refractivity contribution >= 4 is 15.9 Å². The van der Waals surface area contributed by atoms with Gasteiger partial charge in [-0.05, 0) is 46.1 Å². The standard InChI is InChI=1S/C13H11BrF3NO/c14-12-10(5-6-19-12)11(18)7-8-1-3-9(4-2-8)13(15,16)17/h1-6,11H,7,18H2. The first-order chi connectivity index (χ1) is 8.88. The SMILES string of the molecule is NC(Cc1ccc(C(F)(F)F)cc1)c1ccoc1Br. The predicted octanol–water partition coefficient (Wildman–Crippen LogP) is 4.30. The van der Waals surface area contributed by atoms with Crippen molar-refractivity contribution in [2.75, 3.05) is 0 Å². The Bertz CT molecular complexity index is 548. The van der Waals surface area contributed by atoms with E-state index in [4.69, 9.17) is 10.2 Å². The lowest BCUT2D eigenvalue weighted by molar-refractivity contribution is -0.137. The number of hydrogen-bond acceptors (Lipinski definition) is 2. The number of benzene rings is 1. The summed E-state index contributed by atoms with van der Waals surface area (Å²) in [5, 5.41) is 0. The van der Waals surface area contributed by atoms with Crippen molar-refractivity contribution in [2.45, 2.75) is 18.6 Å². The third-order valence-electron chi connectivity index (χ3n) is 2.78. The fraction of sp³-hybridized carbons (Fsp3) is 0.231. The van der Waals surface area contributed by atoms with Crippen LogP contribution in [0.25, 0.3) is 0 Å². The lowest BCUT2D eigenvalue weighted by Crippen LogP contribution is -2.13. The van der Waals surface area contributed by atoms with Crippen LogP contribution in [-0.2, 0) is 12.6 Å². The van der Waals surface area contributed by atoms with Gasteiger partial charge in [0.2, 0.25) is 0 Å². The first-order valence-electron chi connectivity index (χ1n) is 5.52. The molecule has 102 valence electrons. The van der Waals surface area contributed by atoms with Crippen molar-refractivity contribution < 1.29 is 17.6 Å². The second-order valence-corrected chi connectivity index (χ2v) is 4.88. The topological polar surface area (TPSA) is 39.2 Å². The summed E-state index contributed by atoms with van der Waals surface area (Å²) >= 11 is 3.22. The van der Waals surface area contributed by atoms with Gasteiger partial charge in [0.05, 0.1) is 11.8 Å². The molecule has 1 aromatic carbocycles. The smallest absolute Gasteiger partial charge is 0.416 e. The van der Waals surface area contributed by atoms with Crippen LogP contribution in [0.1, 0.15) is 22.7 Å². The van der Waals surface area contributed by atoms with Crippen molar-refractivity contribution in [3.05, 3.63) is 58.0 Å². The summed E-state index contributed by atoms with van der Waals surface area (Å²) in [5.41, 5.74) is 6.86. The molecule has 2 nitrogen and oxygen atoms in total. The van der Waals surface area contributed by atoms with E-state index in [0.717, 1.165) is 23.3 Å². The van der Waals surface area contributed by atoms with Crippen LogP contribution >= 0.6 is 15.9 Å². The van der Waals surface area contributed by atoms with Crippen molar-refractivity contribution in [1.29, 1.82) is 0 Å². The van der Waals surface area contributed by atoms with Crippen LogP contribution in [0.2, 0.25) is 0 Å². The van der Waals surface area contributed by atoms with Gasteiger partial charge in [0.25, 0.3) is 0 Å². The maximum atomic E-state index is 12.4. The van der Waals surface area contributed by atoms with E-state index in [-0.39, 0.29) is 6.04 Å². The highest BCUT2D eigenvalue weighted by Crippen LogP contribution is 2.30. The van der Waals surface area contributed by atoms with Gasteiger partial charge in [0.15, 0.2) is 4.67 Å². The van der Waals surface area contributed by atoms with Gasteiger partial charge in [-0.3, -0.25) is 0 Å². The maximum Gasteiger partial charge on any atom is 0.416 e. The predicted molar refractivity (Wildman–Crippen MR) is 68.5 cm³/mol. The molecule has 19 heavy (non-hydrogen) atoms. The molecule has 0 fully saturated rings. The van der Waals surface area contributed by atoms with Gasteiger partial charge >= 0.3 is 6.18 Å². The van der Waals surface area contributed by atoms with E-state index in [9.17, 15) is 13.2 Å². The van der Waals surface area contributed by atoms with Crippen molar-refractivity contribution in [2.24, 2.45) is 5.73 Å². The zero-order chi connectivity index (χ0) is 14.0. The largest absolute Gasteiger partial charge is 0.457 e. The number of nitrogens with two attached hydrogens (primary N) is 1. The summed E-state index contributed by atoms with van der Waals surface area (Å²) in [7, 11) is 0. The van der Waals surface area contributed by atoms with Gasteiger partial charge in [0.1, 0.15) is 0 Å². The Morgan fingerprint density at radius 2 is 1.79 bits per heavy atom. The van der Waals surface area contributed by atoms with Crippen molar-refractivity contribution in [3.63, 3.8) is 0 Å². The summed E-state index contributed by atoms with van der Waals surface area (Å²) in [6.45, 7) is 0. The van der Waals surface area contributed by atoms with Crippen LogP contribution in [-0.4, -0.2) is 0 Å². The molecule has 1 unspecified atom stereocenters. The summed E-state index contributed by atoms with van der Waals surface area (Å²) in [5.74, 6) is 0. The Morgan fingerprint density at radius 3 is 2.26 bits per heavy atom. The summed E-state index contributed by atoms with van der Waals surface area (Å²) < 4.78 is 42.9. The molecule has 0 spiro atoms. The molecule has 2 N–H and O–H groups in total. The number of rotatable bonds is 3. The van der Waals surface area contributed by atoms with Crippen molar-refractivity contribution in [3.8, 4) is 0 Å². The van der Waals surface area contributed by atoms with Gasteiger partial charge in [0, 0.05) is 11.6 Å². The Kier molecular flexibility index (Phi) is 4.01. The third kappa shape index (κ3) is 3.39. The fourth-order valence-electron chi connectivity index (χ4n) is 1.76. The molecule has 1 atom stereocenters. The normalized spacial score (nSPS) is 13.5. The molecule has 0 bridgehead atoms. The van der Waals surface area contributed by atoms with Gasteiger partial charge in [-0.15, -0.1) is 0 Å². The molecular weight excluding hydrogens is 323 g/mol. The van der Waals surface area contributed by atoms with E-state index >= 15 is 0 Å². The van der Waals surface area contributed by atoms with Gasteiger partial charge in [-0.25, -0.2) is 0 Å². The van der Waals surface area contributed by atoms with Crippen LogP contribution in [0.3, 0.4) is 0 Å². The molecule has 0 aliphatic carbocycles. The maximum absolute atomic E-state index is 12.4. The molecule has 0 aliphatic rings. The van der Waals surface area contributed by atoms with Gasteiger partial charge < -0.3 is 10.2 Å². The molecule has 0 saturated heterocycles. The number of alkyl halides is 3. The first kappa shape index (κ1) is 14.1. The molecular formula is C13H11BrF3NO. The number of halogens is 4. The lowest BCUT2D eigenvalue weighted by atomic mass is 10.0. The first-order valence-corrected chi connectivity index (χ1v) is 6.32. The van der Waals surface area contributed by atoms with E-state index in [0.29, 0.717) is 11.1 Å². The Morgan fingerprint density at radius 1 is 1.16 bits per heavy atom. The van der Waals surface area contributed by atoms with Crippen LogP contribution in [0, 0.1) is 0 Å². The highest BCUT2D eigenvalue weighted by Gasteiger charge is 2.30. The monoisotopic (exact) mass is 333 g/mol. The van der Waals surface area contributed by atoms with E-state index < -0.39 is 11.7 Å². The van der Waals surface area contributed by atoms with E-state index in [2.05, 4.69) is 15.9 Å². The quantitative estimate of drug-likeness (QED) is 0.909. The minimum atomic E-state index is -4.31. The molecule has 1 heterocycles. The molecule has 0 radical (unpaired) electrons. The zero-order valence-electron chi connectivity index (χ0n) is 9.75. The highest BCUT2D eigenvalue weighted by molar-refractivity contribution is 9.10. The average molecular weight is 334 g/mol. The second-order valence-electron chi connectivity index (χ2n) is 4.15. The molecule has 0 amide bonds. The molecule has 1 aromatic heterocycles. The Balaban J connectivity index is 2.10. The highest BCUT2D eigenvalue weighted by atomic mass is 79.9. The summed E-state index contributed by atoms with van der Waals surface area (Å²) in [6, 6.07) is 6.41. The zero-order valence-corrected chi connectivity index (χ0v) is 11.3. The number of furan rings is 1. The second kappa shape index (κ2) is 5.38. The van der Waals surface area contributed by atoms with Crippen LogP contribution in [0.5, 0.6) is 0 Å². The fourth-order valence-corrected chi connectivity index (χ4v) is 2.30. The van der Waals surface area contributed by atoms with Crippen molar-refractivity contribution in [1.82, 2.24) is 0 Å². The van der Waals surface area contributed by atoms with E-state index in [1.165, 1.54) is 18.4 Å². The van der Waals surface area contributed by atoms with E-state index in [1.54, 1.807) is 6.07 Å². The van der Waals surface area contributed by atoms with Gasteiger partial charge in [-0.1, -0.05) is 12.1 Å². The number of hydrogen-bond donors (Lipinski definition) is 1. The van der Waals surface area contributed by atoms with Crippen LogP contribution < -0.4 is 5.73 Å². The third-order valence-corrected chi connectivity index (χ3v) is 3.43.